The quantitative estimate of drug-likeness (QED) is 0.217. The summed E-state index contributed by atoms with van der Waals surface area (Å²) in [6.45, 7) is 0. The standard InChI is InChI=1S/C26H19NO2/c28-27(29)23-17-15-22(16-18-23)24-13-7-8-14-25(24)26(21-11-5-2-6-12-21)19-20-9-3-1-4-10-20/h1-19H/b26-19-. The van der Waals surface area contributed by atoms with Gasteiger partial charge < -0.3 is 0 Å². The number of hydrogen-bond donors (Lipinski definition) is 0. The monoisotopic (exact) mass is 377 g/mol. The van der Waals surface area contributed by atoms with Crippen LogP contribution in [-0.2, 0) is 0 Å². The topological polar surface area (TPSA) is 43.1 Å². The Bertz CT molecular complexity index is 1150. The molecule has 0 N–H and O–H groups in total. The second-order valence-electron chi connectivity index (χ2n) is 6.68. The molecule has 0 atom stereocenters. The van der Waals surface area contributed by atoms with Gasteiger partial charge >= 0.3 is 0 Å². The van der Waals surface area contributed by atoms with Gasteiger partial charge in [-0.1, -0.05) is 84.9 Å². The van der Waals surface area contributed by atoms with Gasteiger partial charge in [0.2, 0.25) is 0 Å². The summed E-state index contributed by atoms with van der Waals surface area (Å²) < 4.78 is 0. The highest BCUT2D eigenvalue weighted by atomic mass is 16.6. The maximum absolute atomic E-state index is 11.0. The number of nitro benzene ring substituents is 1. The van der Waals surface area contributed by atoms with Crippen molar-refractivity contribution in [1.29, 1.82) is 0 Å². The van der Waals surface area contributed by atoms with Crippen LogP contribution in [0, 0.1) is 10.1 Å². The molecule has 0 spiro atoms. The first-order valence-electron chi connectivity index (χ1n) is 9.39. The molecule has 29 heavy (non-hydrogen) atoms. The lowest BCUT2D eigenvalue weighted by atomic mass is 9.89. The number of non-ortho nitro benzene ring substituents is 1. The molecule has 0 aliphatic carbocycles. The van der Waals surface area contributed by atoms with E-state index < -0.39 is 0 Å². The molecule has 4 aromatic rings. The third-order valence-corrected chi connectivity index (χ3v) is 4.80. The Morgan fingerprint density at radius 1 is 0.690 bits per heavy atom. The predicted octanol–water partition coefficient (Wildman–Crippen LogP) is 6.85. The van der Waals surface area contributed by atoms with E-state index >= 15 is 0 Å². The van der Waals surface area contributed by atoms with Crippen molar-refractivity contribution in [2.24, 2.45) is 0 Å². The van der Waals surface area contributed by atoms with Crippen LogP contribution in [0.15, 0.2) is 109 Å². The smallest absolute Gasteiger partial charge is 0.258 e. The summed E-state index contributed by atoms with van der Waals surface area (Å²) in [7, 11) is 0. The Labute approximate surface area is 169 Å². The van der Waals surface area contributed by atoms with Crippen molar-refractivity contribution in [2.45, 2.75) is 0 Å². The highest BCUT2D eigenvalue weighted by Crippen LogP contribution is 2.34. The fourth-order valence-electron chi connectivity index (χ4n) is 3.38. The molecule has 0 heterocycles. The Hall–Kier alpha value is -3.98. The number of hydrogen-bond acceptors (Lipinski definition) is 2. The van der Waals surface area contributed by atoms with Crippen LogP contribution in [0.1, 0.15) is 16.7 Å². The maximum Gasteiger partial charge on any atom is 0.269 e. The number of rotatable bonds is 5. The van der Waals surface area contributed by atoms with Gasteiger partial charge in [0, 0.05) is 12.1 Å². The molecule has 4 rings (SSSR count). The Kier molecular flexibility index (Phi) is 5.30. The van der Waals surface area contributed by atoms with E-state index in [9.17, 15) is 10.1 Å². The van der Waals surface area contributed by atoms with E-state index in [0.717, 1.165) is 33.4 Å². The van der Waals surface area contributed by atoms with Crippen LogP contribution >= 0.6 is 0 Å². The molecule has 140 valence electrons. The molecule has 3 nitrogen and oxygen atoms in total. The van der Waals surface area contributed by atoms with Gasteiger partial charge in [0.15, 0.2) is 0 Å². The summed E-state index contributed by atoms with van der Waals surface area (Å²) in [5, 5.41) is 11.0. The van der Waals surface area contributed by atoms with Crippen molar-refractivity contribution in [3.8, 4) is 11.1 Å². The highest BCUT2D eigenvalue weighted by molar-refractivity contribution is 5.96. The summed E-state index contributed by atoms with van der Waals surface area (Å²) in [4.78, 5) is 10.6. The minimum atomic E-state index is -0.375. The molecule has 0 amide bonds. The summed E-state index contributed by atoms with van der Waals surface area (Å²) in [6, 6.07) is 35.4. The average Bonchev–Trinajstić information content (AvgIpc) is 2.79. The zero-order chi connectivity index (χ0) is 20.1. The van der Waals surface area contributed by atoms with Crippen molar-refractivity contribution in [1.82, 2.24) is 0 Å². The second-order valence-corrected chi connectivity index (χ2v) is 6.68. The van der Waals surface area contributed by atoms with Crippen LogP contribution < -0.4 is 0 Å². The first-order chi connectivity index (χ1) is 14.2. The van der Waals surface area contributed by atoms with Gasteiger partial charge in [-0.3, -0.25) is 10.1 Å². The van der Waals surface area contributed by atoms with Gasteiger partial charge in [-0.15, -0.1) is 0 Å². The molecule has 0 aliphatic heterocycles. The Balaban J connectivity index is 1.88. The van der Waals surface area contributed by atoms with Crippen LogP contribution in [0.5, 0.6) is 0 Å². The fourth-order valence-corrected chi connectivity index (χ4v) is 3.38. The molecule has 0 saturated heterocycles. The van der Waals surface area contributed by atoms with Crippen LogP contribution in [0.3, 0.4) is 0 Å². The average molecular weight is 377 g/mol. The SMILES string of the molecule is O=[N+]([O-])c1ccc(-c2ccccc2/C(=C\c2ccccc2)c2ccccc2)cc1. The van der Waals surface area contributed by atoms with E-state index in [1.54, 1.807) is 12.1 Å². The van der Waals surface area contributed by atoms with Crippen LogP contribution in [0.2, 0.25) is 0 Å². The van der Waals surface area contributed by atoms with Crippen LogP contribution in [0.25, 0.3) is 22.8 Å². The zero-order valence-electron chi connectivity index (χ0n) is 15.7. The van der Waals surface area contributed by atoms with Crippen LogP contribution in [-0.4, -0.2) is 4.92 Å². The van der Waals surface area contributed by atoms with Crippen LogP contribution in [0.4, 0.5) is 5.69 Å². The Morgan fingerprint density at radius 2 is 1.28 bits per heavy atom. The minimum Gasteiger partial charge on any atom is -0.258 e. The lowest BCUT2D eigenvalue weighted by Gasteiger charge is -2.14. The zero-order valence-corrected chi connectivity index (χ0v) is 15.7. The molecule has 0 radical (unpaired) electrons. The lowest BCUT2D eigenvalue weighted by molar-refractivity contribution is -0.384. The molecular formula is C26H19NO2. The van der Waals surface area contributed by atoms with Crippen molar-refractivity contribution >= 4 is 17.3 Å². The Morgan fingerprint density at radius 3 is 1.93 bits per heavy atom. The normalized spacial score (nSPS) is 11.2. The molecule has 0 aliphatic rings. The van der Waals surface area contributed by atoms with Gasteiger partial charge in [0.25, 0.3) is 5.69 Å². The van der Waals surface area contributed by atoms with Gasteiger partial charge in [-0.05, 0) is 51.6 Å². The molecule has 0 aromatic heterocycles. The molecular weight excluding hydrogens is 358 g/mol. The minimum absolute atomic E-state index is 0.0920. The van der Waals surface area contributed by atoms with E-state index in [2.05, 4.69) is 42.5 Å². The fraction of sp³-hybridized carbons (Fsp3) is 0. The summed E-state index contributed by atoms with van der Waals surface area (Å²) in [5.41, 5.74) is 6.49. The highest BCUT2D eigenvalue weighted by Gasteiger charge is 2.13. The van der Waals surface area contributed by atoms with Gasteiger partial charge in [0.1, 0.15) is 0 Å². The molecule has 0 fully saturated rings. The second kappa shape index (κ2) is 8.36. The molecule has 0 unspecified atom stereocenters. The number of benzene rings is 4. The van der Waals surface area contributed by atoms with Crippen molar-refractivity contribution in [2.75, 3.05) is 0 Å². The molecule has 0 saturated carbocycles. The van der Waals surface area contributed by atoms with E-state index in [1.165, 1.54) is 0 Å². The van der Waals surface area contributed by atoms with E-state index in [-0.39, 0.29) is 10.6 Å². The van der Waals surface area contributed by atoms with E-state index in [1.807, 2.05) is 60.7 Å². The molecule has 0 bridgehead atoms. The number of nitro groups is 1. The number of nitrogens with zero attached hydrogens (tertiary/aromatic N) is 1. The summed E-state index contributed by atoms with van der Waals surface area (Å²) in [5.74, 6) is 0. The predicted molar refractivity (Wildman–Crippen MR) is 118 cm³/mol. The van der Waals surface area contributed by atoms with Crippen molar-refractivity contribution in [3.63, 3.8) is 0 Å². The summed E-state index contributed by atoms with van der Waals surface area (Å²) in [6.07, 6.45) is 2.18. The lowest BCUT2D eigenvalue weighted by Crippen LogP contribution is -1.93. The molecule has 4 aromatic carbocycles. The molecule has 3 heteroatoms. The summed E-state index contributed by atoms with van der Waals surface area (Å²) >= 11 is 0. The first-order valence-corrected chi connectivity index (χ1v) is 9.39. The largest absolute Gasteiger partial charge is 0.269 e. The first kappa shape index (κ1) is 18.4. The maximum atomic E-state index is 11.0. The van der Waals surface area contributed by atoms with Gasteiger partial charge in [-0.2, -0.15) is 0 Å². The van der Waals surface area contributed by atoms with E-state index in [0.29, 0.717) is 0 Å². The van der Waals surface area contributed by atoms with E-state index in [4.69, 9.17) is 0 Å². The van der Waals surface area contributed by atoms with Crippen molar-refractivity contribution in [3.05, 3.63) is 136 Å². The van der Waals surface area contributed by atoms with Crippen molar-refractivity contribution < 1.29 is 4.92 Å². The van der Waals surface area contributed by atoms with Gasteiger partial charge in [-0.25, -0.2) is 0 Å². The third-order valence-electron chi connectivity index (χ3n) is 4.80. The van der Waals surface area contributed by atoms with Gasteiger partial charge in [0.05, 0.1) is 4.92 Å². The third kappa shape index (κ3) is 4.14.